The summed E-state index contributed by atoms with van der Waals surface area (Å²) in [5, 5.41) is 5.36. The average Bonchev–Trinajstić information content (AvgIpc) is 3.44. The first-order valence-electron chi connectivity index (χ1n) is 10.9. The number of thioether (sulfide) groups is 1. The van der Waals surface area contributed by atoms with Crippen LogP contribution in [0.4, 0.5) is 0 Å². The van der Waals surface area contributed by atoms with Crippen LogP contribution >= 0.6 is 35.0 Å². The van der Waals surface area contributed by atoms with Gasteiger partial charge in [-0.15, -0.1) is 11.8 Å². The fourth-order valence-electron chi connectivity index (χ4n) is 4.08. The molecule has 0 amide bonds. The number of ether oxygens (including phenoxy) is 1. The van der Waals surface area contributed by atoms with E-state index in [9.17, 15) is 0 Å². The summed E-state index contributed by atoms with van der Waals surface area (Å²) < 4.78 is 11.8. The van der Waals surface area contributed by atoms with Gasteiger partial charge in [-0.2, -0.15) is 0 Å². The van der Waals surface area contributed by atoms with E-state index in [1.165, 1.54) is 27.3 Å². The summed E-state index contributed by atoms with van der Waals surface area (Å²) >= 11 is 14.8. The summed E-state index contributed by atoms with van der Waals surface area (Å²) in [5.41, 5.74) is 6.01. The first-order chi connectivity index (χ1) is 16.0. The zero-order chi connectivity index (χ0) is 22.9. The van der Waals surface area contributed by atoms with Gasteiger partial charge in [0.05, 0.1) is 15.6 Å². The highest BCUT2D eigenvalue weighted by Gasteiger charge is 2.23. The van der Waals surface area contributed by atoms with Crippen molar-refractivity contribution in [2.75, 3.05) is 5.75 Å². The number of halogens is 2. The average molecular weight is 496 g/mol. The van der Waals surface area contributed by atoms with Crippen LogP contribution in [0.1, 0.15) is 36.7 Å². The lowest BCUT2D eigenvalue weighted by atomic mass is 10.0. The van der Waals surface area contributed by atoms with E-state index in [-0.39, 0.29) is 5.92 Å². The van der Waals surface area contributed by atoms with Gasteiger partial charge in [0, 0.05) is 22.1 Å². The maximum atomic E-state index is 6.44. The number of benzene rings is 3. The minimum absolute atomic E-state index is 0.145. The van der Waals surface area contributed by atoms with Crippen LogP contribution in [0.15, 0.2) is 70.1 Å². The molecule has 5 rings (SSSR count). The third-order valence-electron chi connectivity index (χ3n) is 5.81. The number of rotatable bonds is 6. The molecule has 0 saturated carbocycles. The smallest absolute Gasteiger partial charge is 0.146 e. The van der Waals surface area contributed by atoms with Gasteiger partial charge in [-0.05, 0) is 53.4 Å². The zero-order valence-corrected chi connectivity index (χ0v) is 20.7. The van der Waals surface area contributed by atoms with Crippen molar-refractivity contribution in [3.8, 4) is 28.1 Å². The van der Waals surface area contributed by atoms with E-state index >= 15 is 0 Å². The number of hydrogen-bond donors (Lipinski definition) is 0. The molecule has 1 aliphatic rings. The molecular formula is C27H23Cl2NO2S. The van der Waals surface area contributed by atoms with Crippen LogP contribution in [0.2, 0.25) is 10.0 Å². The Kier molecular flexibility index (Phi) is 6.42. The molecule has 168 valence electrons. The molecule has 33 heavy (non-hydrogen) atoms. The Hall–Kier alpha value is -2.40. The van der Waals surface area contributed by atoms with Crippen LogP contribution in [0, 0.1) is 0 Å². The molecule has 4 aromatic rings. The molecule has 0 unspecified atom stereocenters. The van der Waals surface area contributed by atoms with Crippen molar-refractivity contribution in [2.45, 2.75) is 37.7 Å². The molecule has 2 heterocycles. The molecule has 0 spiro atoms. The standard InChI is InChI=1S/C27H23Cl2NO2S/c1-16(2)27-21(26(30-32-27)25-22(28)4-3-5-23(25)29)15-31-20-10-8-17(9-11-20)19-7-6-18-12-13-33-24(18)14-19/h3-11,14,16H,12-13,15H2,1-2H3. The SMILES string of the molecule is CC(C)c1onc(-c2c(Cl)cccc2Cl)c1COc1ccc(-c2ccc3c(c2)SCC3)cc1. The molecule has 0 fully saturated rings. The van der Waals surface area contributed by atoms with E-state index in [4.69, 9.17) is 32.5 Å². The predicted octanol–water partition coefficient (Wildman–Crippen LogP) is 8.67. The van der Waals surface area contributed by atoms with Gasteiger partial charge in [-0.1, -0.05) is 72.5 Å². The van der Waals surface area contributed by atoms with E-state index < -0.39 is 0 Å². The molecule has 1 aromatic heterocycles. The number of aromatic nitrogens is 1. The van der Waals surface area contributed by atoms with Gasteiger partial charge >= 0.3 is 0 Å². The molecule has 0 radical (unpaired) electrons. The van der Waals surface area contributed by atoms with Crippen molar-refractivity contribution < 1.29 is 9.26 Å². The molecule has 0 saturated heterocycles. The minimum atomic E-state index is 0.145. The number of fused-ring (bicyclic) bond motifs is 1. The monoisotopic (exact) mass is 495 g/mol. The fraction of sp³-hybridized carbons (Fsp3) is 0.222. The van der Waals surface area contributed by atoms with Gasteiger partial charge in [-0.3, -0.25) is 0 Å². The molecule has 0 aliphatic carbocycles. The Labute approximate surface area is 208 Å². The van der Waals surface area contributed by atoms with E-state index in [0.29, 0.717) is 27.9 Å². The van der Waals surface area contributed by atoms with Gasteiger partial charge in [0.1, 0.15) is 23.8 Å². The fourth-order valence-corrected chi connectivity index (χ4v) is 5.76. The minimum Gasteiger partial charge on any atom is -0.489 e. The van der Waals surface area contributed by atoms with Crippen molar-refractivity contribution in [1.29, 1.82) is 0 Å². The Morgan fingerprint density at radius 2 is 1.73 bits per heavy atom. The summed E-state index contributed by atoms with van der Waals surface area (Å²) in [6.07, 6.45) is 1.16. The second-order valence-corrected chi connectivity index (χ2v) is 10.3. The first kappa shape index (κ1) is 22.4. The third kappa shape index (κ3) is 4.52. The topological polar surface area (TPSA) is 35.3 Å². The van der Waals surface area contributed by atoms with Crippen molar-refractivity contribution in [3.63, 3.8) is 0 Å². The molecule has 3 nitrogen and oxygen atoms in total. The predicted molar refractivity (Wildman–Crippen MR) is 137 cm³/mol. The van der Waals surface area contributed by atoms with Crippen molar-refractivity contribution in [3.05, 3.63) is 87.6 Å². The van der Waals surface area contributed by atoms with Crippen molar-refractivity contribution in [1.82, 2.24) is 5.16 Å². The van der Waals surface area contributed by atoms with Gasteiger partial charge in [0.2, 0.25) is 0 Å². The Morgan fingerprint density at radius 1 is 1.00 bits per heavy atom. The van der Waals surface area contributed by atoms with Gasteiger partial charge in [0.25, 0.3) is 0 Å². The van der Waals surface area contributed by atoms with Crippen LogP contribution < -0.4 is 4.74 Å². The summed E-state index contributed by atoms with van der Waals surface area (Å²) in [5.74, 6) is 2.87. The highest BCUT2D eigenvalue weighted by molar-refractivity contribution is 7.99. The second kappa shape index (κ2) is 9.46. The maximum Gasteiger partial charge on any atom is 0.146 e. The molecule has 0 atom stereocenters. The number of nitrogens with zero attached hydrogens (tertiary/aromatic N) is 1. The summed E-state index contributed by atoms with van der Waals surface area (Å²) in [4.78, 5) is 1.40. The van der Waals surface area contributed by atoms with E-state index in [2.05, 4.69) is 49.3 Å². The Bertz CT molecular complexity index is 1280. The number of hydrogen-bond acceptors (Lipinski definition) is 4. The quantitative estimate of drug-likeness (QED) is 0.268. The highest BCUT2D eigenvalue weighted by Crippen LogP contribution is 2.39. The lowest BCUT2D eigenvalue weighted by molar-refractivity contribution is 0.298. The molecule has 6 heteroatoms. The van der Waals surface area contributed by atoms with E-state index in [0.717, 1.165) is 23.5 Å². The van der Waals surface area contributed by atoms with Gasteiger partial charge in [-0.25, -0.2) is 0 Å². The van der Waals surface area contributed by atoms with Crippen LogP contribution in [0.3, 0.4) is 0 Å². The highest BCUT2D eigenvalue weighted by atomic mass is 35.5. The molecule has 0 N–H and O–H groups in total. The molecule has 1 aliphatic heterocycles. The normalized spacial score (nSPS) is 12.9. The lowest BCUT2D eigenvalue weighted by Crippen LogP contribution is -2.01. The van der Waals surface area contributed by atoms with E-state index in [1.54, 1.807) is 12.1 Å². The molecular weight excluding hydrogens is 473 g/mol. The van der Waals surface area contributed by atoms with E-state index in [1.807, 2.05) is 30.0 Å². The summed E-state index contributed by atoms with van der Waals surface area (Å²) in [6, 6.07) is 20.3. The molecule has 0 bridgehead atoms. The van der Waals surface area contributed by atoms with Crippen molar-refractivity contribution >= 4 is 35.0 Å². The number of aryl methyl sites for hydroxylation is 1. The van der Waals surface area contributed by atoms with Gasteiger partial charge < -0.3 is 9.26 Å². The third-order valence-corrected chi connectivity index (χ3v) is 7.54. The Balaban J connectivity index is 1.39. The van der Waals surface area contributed by atoms with Crippen LogP contribution in [-0.4, -0.2) is 10.9 Å². The molecule has 3 aromatic carbocycles. The van der Waals surface area contributed by atoms with Crippen LogP contribution in [0.25, 0.3) is 22.4 Å². The second-order valence-electron chi connectivity index (χ2n) is 8.36. The largest absolute Gasteiger partial charge is 0.489 e. The van der Waals surface area contributed by atoms with Crippen LogP contribution in [-0.2, 0) is 13.0 Å². The summed E-state index contributed by atoms with van der Waals surface area (Å²) in [6.45, 7) is 4.43. The zero-order valence-electron chi connectivity index (χ0n) is 18.4. The summed E-state index contributed by atoms with van der Waals surface area (Å²) in [7, 11) is 0. The van der Waals surface area contributed by atoms with Crippen molar-refractivity contribution in [2.24, 2.45) is 0 Å². The lowest BCUT2D eigenvalue weighted by Gasteiger charge is -2.11. The van der Waals surface area contributed by atoms with Crippen LogP contribution in [0.5, 0.6) is 5.75 Å². The Morgan fingerprint density at radius 3 is 2.45 bits per heavy atom. The maximum absolute atomic E-state index is 6.44. The van der Waals surface area contributed by atoms with Gasteiger partial charge in [0.15, 0.2) is 0 Å². The first-order valence-corrected chi connectivity index (χ1v) is 12.7.